The van der Waals surface area contributed by atoms with Crippen molar-refractivity contribution >= 4 is 16.5 Å². The van der Waals surface area contributed by atoms with Gasteiger partial charge in [0.25, 0.3) is 0 Å². The molecule has 0 aliphatic heterocycles. The molecule has 0 saturated heterocycles. The van der Waals surface area contributed by atoms with Gasteiger partial charge in [-0.1, -0.05) is 6.92 Å². The Bertz CT molecular complexity index is 535. The number of rotatable bonds is 3. The Kier molecular flexibility index (Phi) is 2.92. The van der Waals surface area contributed by atoms with Crippen molar-refractivity contribution in [2.75, 3.05) is 5.73 Å². The molecule has 0 amide bonds. The smallest absolute Gasteiger partial charge is 0.128 e. The fourth-order valence-corrected chi connectivity index (χ4v) is 1.64. The van der Waals surface area contributed by atoms with Crippen LogP contribution in [0.5, 0.6) is 5.75 Å². The number of hydrogen-bond acceptors (Lipinski definition) is 3. The SMILES string of the molecule is CCC(C)(C)Oc1ccc(N)c2cnccc12. The molecule has 2 rings (SSSR count). The zero-order valence-corrected chi connectivity index (χ0v) is 10.5. The molecule has 3 heteroatoms. The average Bonchev–Trinajstić information content (AvgIpc) is 2.33. The summed E-state index contributed by atoms with van der Waals surface area (Å²) in [5.74, 6) is 0.864. The fourth-order valence-electron chi connectivity index (χ4n) is 1.64. The first kappa shape index (κ1) is 11.7. The van der Waals surface area contributed by atoms with Crippen molar-refractivity contribution in [2.45, 2.75) is 32.8 Å². The summed E-state index contributed by atoms with van der Waals surface area (Å²) in [5, 5.41) is 1.96. The Hall–Kier alpha value is -1.77. The molecule has 2 N–H and O–H groups in total. The van der Waals surface area contributed by atoms with Gasteiger partial charge < -0.3 is 10.5 Å². The molecule has 0 aliphatic rings. The van der Waals surface area contributed by atoms with Crippen LogP contribution in [0.15, 0.2) is 30.6 Å². The first-order chi connectivity index (χ1) is 8.03. The zero-order valence-electron chi connectivity index (χ0n) is 10.5. The number of pyridine rings is 1. The summed E-state index contributed by atoms with van der Waals surface area (Å²) in [5.41, 5.74) is 6.48. The van der Waals surface area contributed by atoms with E-state index in [2.05, 4.69) is 25.8 Å². The summed E-state index contributed by atoms with van der Waals surface area (Å²) in [7, 11) is 0. The minimum Gasteiger partial charge on any atom is -0.487 e. The van der Waals surface area contributed by atoms with Crippen molar-refractivity contribution in [3.05, 3.63) is 30.6 Å². The second-order valence-electron chi connectivity index (χ2n) is 4.79. The van der Waals surface area contributed by atoms with Gasteiger partial charge in [0.1, 0.15) is 11.4 Å². The Morgan fingerprint density at radius 1 is 1.24 bits per heavy atom. The van der Waals surface area contributed by atoms with Gasteiger partial charge >= 0.3 is 0 Å². The third-order valence-electron chi connectivity index (χ3n) is 3.05. The normalized spacial score (nSPS) is 11.7. The predicted octanol–water partition coefficient (Wildman–Crippen LogP) is 3.38. The number of nitrogens with zero attached hydrogens (tertiary/aromatic N) is 1. The van der Waals surface area contributed by atoms with E-state index in [0.29, 0.717) is 0 Å². The van der Waals surface area contributed by atoms with Crippen LogP contribution in [0.3, 0.4) is 0 Å². The summed E-state index contributed by atoms with van der Waals surface area (Å²) in [6, 6.07) is 5.73. The van der Waals surface area contributed by atoms with Crippen LogP contribution in [0.2, 0.25) is 0 Å². The van der Waals surface area contributed by atoms with Crippen LogP contribution in [0, 0.1) is 0 Å². The molecule has 1 heterocycles. The minimum absolute atomic E-state index is 0.174. The summed E-state index contributed by atoms with van der Waals surface area (Å²) >= 11 is 0. The lowest BCUT2D eigenvalue weighted by atomic mass is 10.1. The predicted molar refractivity (Wildman–Crippen MR) is 71.2 cm³/mol. The van der Waals surface area contributed by atoms with E-state index in [-0.39, 0.29) is 5.60 Å². The third-order valence-corrected chi connectivity index (χ3v) is 3.05. The molecule has 0 bridgehead atoms. The maximum absolute atomic E-state index is 6.04. The highest BCUT2D eigenvalue weighted by molar-refractivity contribution is 5.96. The molecule has 17 heavy (non-hydrogen) atoms. The lowest BCUT2D eigenvalue weighted by Gasteiger charge is -2.25. The van der Waals surface area contributed by atoms with E-state index in [1.807, 2.05) is 18.2 Å². The van der Waals surface area contributed by atoms with E-state index in [0.717, 1.165) is 28.6 Å². The van der Waals surface area contributed by atoms with E-state index in [1.54, 1.807) is 12.4 Å². The van der Waals surface area contributed by atoms with Crippen molar-refractivity contribution in [2.24, 2.45) is 0 Å². The van der Waals surface area contributed by atoms with Crippen LogP contribution in [-0.2, 0) is 0 Å². The minimum atomic E-state index is -0.174. The van der Waals surface area contributed by atoms with Crippen molar-refractivity contribution in [3.63, 3.8) is 0 Å². The van der Waals surface area contributed by atoms with Gasteiger partial charge in [0.05, 0.1) is 0 Å². The standard InChI is InChI=1S/C14H18N2O/c1-4-14(2,3)17-13-6-5-12(15)11-9-16-8-7-10(11)13/h5-9H,4,15H2,1-3H3. The molecule has 0 unspecified atom stereocenters. The first-order valence-corrected chi connectivity index (χ1v) is 5.85. The zero-order chi connectivity index (χ0) is 12.5. The Balaban J connectivity index is 2.52. The van der Waals surface area contributed by atoms with Crippen molar-refractivity contribution in [1.29, 1.82) is 0 Å². The molecule has 1 aromatic heterocycles. The van der Waals surface area contributed by atoms with E-state index < -0.39 is 0 Å². The quantitative estimate of drug-likeness (QED) is 0.822. The van der Waals surface area contributed by atoms with Crippen LogP contribution < -0.4 is 10.5 Å². The molecule has 1 aromatic carbocycles. The number of nitrogens with two attached hydrogens (primary N) is 1. The van der Waals surface area contributed by atoms with Gasteiger partial charge in [-0.05, 0) is 38.5 Å². The average molecular weight is 230 g/mol. The molecule has 0 atom stereocenters. The molecular formula is C14H18N2O. The molecule has 0 saturated carbocycles. The number of hydrogen-bond donors (Lipinski definition) is 1. The van der Waals surface area contributed by atoms with Crippen LogP contribution in [0.25, 0.3) is 10.8 Å². The van der Waals surface area contributed by atoms with Gasteiger partial charge in [-0.25, -0.2) is 0 Å². The lowest BCUT2D eigenvalue weighted by molar-refractivity contribution is 0.107. The summed E-state index contributed by atoms with van der Waals surface area (Å²) in [6.07, 6.45) is 4.48. The van der Waals surface area contributed by atoms with Crippen LogP contribution in [0.4, 0.5) is 5.69 Å². The molecule has 0 spiro atoms. The number of anilines is 1. The number of fused-ring (bicyclic) bond motifs is 1. The van der Waals surface area contributed by atoms with E-state index >= 15 is 0 Å². The van der Waals surface area contributed by atoms with Gasteiger partial charge in [0, 0.05) is 28.9 Å². The van der Waals surface area contributed by atoms with Gasteiger partial charge in [-0.3, -0.25) is 4.98 Å². The van der Waals surface area contributed by atoms with E-state index in [9.17, 15) is 0 Å². The summed E-state index contributed by atoms with van der Waals surface area (Å²) in [4.78, 5) is 4.10. The van der Waals surface area contributed by atoms with Gasteiger partial charge in [0.2, 0.25) is 0 Å². The molecule has 3 nitrogen and oxygen atoms in total. The summed E-state index contributed by atoms with van der Waals surface area (Å²) in [6.45, 7) is 6.27. The number of benzene rings is 1. The maximum Gasteiger partial charge on any atom is 0.128 e. The van der Waals surface area contributed by atoms with E-state index in [1.165, 1.54) is 0 Å². The van der Waals surface area contributed by atoms with Crippen LogP contribution in [0.1, 0.15) is 27.2 Å². The van der Waals surface area contributed by atoms with Crippen molar-refractivity contribution < 1.29 is 4.74 Å². The second-order valence-corrected chi connectivity index (χ2v) is 4.79. The molecule has 0 radical (unpaired) electrons. The Labute approximate surface area is 102 Å². The van der Waals surface area contributed by atoms with Gasteiger partial charge in [0.15, 0.2) is 0 Å². The Morgan fingerprint density at radius 2 is 2.00 bits per heavy atom. The topological polar surface area (TPSA) is 48.1 Å². The monoisotopic (exact) mass is 230 g/mol. The number of aromatic nitrogens is 1. The van der Waals surface area contributed by atoms with Crippen LogP contribution >= 0.6 is 0 Å². The lowest BCUT2D eigenvalue weighted by Crippen LogP contribution is -2.26. The van der Waals surface area contributed by atoms with Crippen molar-refractivity contribution in [1.82, 2.24) is 4.98 Å². The second kappa shape index (κ2) is 4.24. The molecule has 90 valence electrons. The highest BCUT2D eigenvalue weighted by atomic mass is 16.5. The molecule has 0 fully saturated rings. The maximum atomic E-state index is 6.04. The molecular weight excluding hydrogens is 212 g/mol. The van der Waals surface area contributed by atoms with Crippen LogP contribution in [-0.4, -0.2) is 10.6 Å². The fraction of sp³-hybridized carbons (Fsp3) is 0.357. The van der Waals surface area contributed by atoms with Gasteiger partial charge in [-0.15, -0.1) is 0 Å². The largest absolute Gasteiger partial charge is 0.487 e. The Morgan fingerprint density at radius 3 is 2.71 bits per heavy atom. The third kappa shape index (κ3) is 2.33. The highest BCUT2D eigenvalue weighted by Crippen LogP contribution is 2.32. The molecule has 0 aliphatic carbocycles. The highest BCUT2D eigenvalue weighted by Gasteiger charge is 2.18. The first-order valence-electron chi connectivity index (χ1n) is 5.85. The summed E-state index contributed by atoms with van der Waals surface area (Å²) < 4.78 is 6.04. The van der Waals surface area contributed by atoms with E-state index in [4.69, 9.17) is 10.5 Å². The number of ether oxygens (including phenoxy) is 1. The van der Waals surface area contributed by atoms with Crippen molar-refractivity contribution in [3.8, 4) is 5.75 Å². The number of nitrogen functional groups attached to an aromatic ring is 1. The van der Waals surface area contributed by atoms with Gasteiger partial charge in [-0.2, -0.15) is 0 Å². The molecule has 2 aromatic rings.